The predicted octanol–water partition coefficient (Wildman–Crippen LogP) is 1.19. The van der Waals surface area contributed by atoms with Crippen molar-refractivity contribution in [2.24, 2.45) is 9.98 Å². The highest BCUT2D eigenvalue weighted by molar-refractivity contribution is 6.52. The van der Waals surface area contributed by atoms with Crippen LogP contribution in [0.5, 0.6) is 0 Å². The van der Waals surface area contributed by atoms with E-state index < -0.39 is 5.54 Å². The average molecular weight is 236 g/mol. The van der Waals surface area contributed by atoms with Crippen molar-refractivity contribution in [3.8, 4) is 0 Å². The topological polar surface area (TPSA) is 48.8 Å². The summed E-state index contributed by atoms with van der Waals surface area (Å²) in [6.45, 7) is 0.520. The van der Waals surface area contributed by atoms with Gasteiger partial charge in [-0.05, 0) is 30.0 Å². The molecule has 4 rings (SSSR count). The van der Waals surface area contributed by atoms with Gasteiger partial charge in [-0.2, -0.15) is 0 Å². The fourth-order valence-electron chi connectivity index (χ4n) is 2.80. The lowest BCUT2D eigenvalue weighted by Crippen LogP contribution is -2.57. The Bertz CT molecular complexity index is 628. The molecule has 1 atom stereocenters. The summed E-state index contributed by atoms with van der Waals surface area (Å²) in [7, 11) is 0. The van der Waals surface area contributed by atoms with Gasteiger partial charge in [0.05, 0.1) is 17.1 Å². The molecular formula is C14H12N4. The van der Waals surface area contributed by atoms with Crippen LogP contribution in [-0.4, -0.2) is 23.6 Å². The highest BCUT2D eigenvalue weighted by Gasteiger charge is 2.46. The maximum Gasteiger partial charge on any atom is 0.147 e. The van der Waals surface area contributed by atoms with Gasteiger partial charge in [-0.1, -0.05) is 18.2 Å². The van der Waals surface area contributed by atoms with E-state index in [2.05, 4.69) is 44.9 Å². The molecule has 0 aromatic rings. The minimum absolute atomic E-state index is 0.400. The maximum absolute atomic E-state index is 4.59. The van der Waals surface area contributed by atoms with Crippen LogP contribution in [-0.2, 0) is 0 Å². The molecule has 4 nitrogen and oxygen atoms in total. The molecule has 0 radical (unpaired) electrons. The Labute approximate surface area is 105 Å². The number of aliphatic imine (C=N–C) groups is 2. The second-order valence-corrected chi connectivity index (χ2v) is 4.48. The standard InChI is InChI=1S/C14H12N4/c1-3-10-4-2-7-18-14(10)12(5-1)15-8-6-11-13(14)17-9-16-11/h1-8,15,18H,9H2. The predicted molar refractivity (Wildman–Crippen MR) is 72.3 cm³/mol. The van der Waals surface area contributed by atoms with Crippen LogP contribution < -0.4 is 10.6 Å². The summed E-state index contributed by atoms with van der Waals surface area (Å²) >= 11 is 0. The largest absolute Gasteiger partial charge is 0.371 e. The SMILES string of the molecule is C1=CNC23C(=C1)C=CC=C2NC=CC1=NCN=C13. The Morgan fingerprint density at radius 1 is 1.06 bits per heavy atom. The molecular weight excluding hydrogens is 224 g/mol. The maximum atomic E-state index is 4.59. The zero-order chi connectivity index (χ0) is 12.0. The van der Waals surface area contributed by atoms with Gasteiger partial charge >= 0.3 is 0 Å². The number of rotatable bonds is 0. The number of allylic oxidation sites excluding steroid dienone is 5. The van der Waals surface area contributed by atoms with Crippen LogP contribution in [0.4, 0.5) is 0 Å². The summed E-state index contributed by atoms with van der Waals surface area (Å²) in [4.78, 5) is 9.02. The fourth-order valence-corrected chi connectivity index (χ4v) is 2.80. The molecule has 3 heterocycles. The Morgan fingerprint density at radius 2 is 2.06 bits per heavy atom. The Balaban J connectivity index is 2.00. The van der Waals surface area contributed by atoms with E-state index in [0.717, 1.165) is 17.1 Å². The van der Waals surface area contributed by atoms with Gasteiger partial charge in [-0.25, -0.2) is 0 Å². The number of hydrogen-bond acceptors (Lipinski definition) is 4. The van der Waals surface area contributed by atoms with Crippen molar-refractivity contribution < 1.29 is 0 Å². The molecule has 18 heavy (non-hydrogen) atoms. The molecule has 1 unspecified atom stereocenters. The molecule has 0 bridgehead atoms. The third-order valence-electron chi connectivity index (χ3n) is 3.60. The first-order chi connectivity index (χ1) is 8.91. The van der Waals surface area contributed by atoms with Gasteiger partial charge in [0.25, 0.3) is 0 Å². The third-order valence-corrected chi connectivity index (χ3v) is 3.60. The molecule has 0 aromatic heterocycles. The van der Waals surface area contributed by atoms with Crippen molar-refractivity contribution in [2.45, 2.75) is 5.54 Å². The van der Waals surface area contributed by atoms with Crippen LogP contribution >= 0.6 is 0 Å². The van der Waals surface area contributed by atoms with Gasteiger partial charge in [0, 0.05) is 6.20 Å². The normalized spacial score (nSPS) is 30.7. The smallest absolute Gasteiger partial charge is 0.147 e. The van der Waals surface area contributed by atoms with Crippen molar-refractivity contribution in [1.82, 2.24) is 10.6 Å². The molecule has 0 amide bonds. The van der Waals surface area contributed by atoms with E-state index in [4.69, 9.17) is 0 Å². The van der Waals surface area contributed by atoms with E-state index in [0.29, 0.717) is 6.67 Å². The van der Waals surface area contributed by atoms with Gasteiger partial charge in [-0.15, -0.1) is 0 Å². The van der Waals surface area contributed by atoms with E-state index in [9.17, 15) is 0 Å². The zero-order valence-electron chi connectivity index (χ0n) is 9.72. The number of nitrogens with one attached hydrogen (secondary N) is 2. The minimum Gasteiger partial charge on any atom is -0.371 e. The van der Waals surface area contributed by atoms with E-state index >= 15 is 0 Å². The van der Waals surface area contributed by atoms with Gasteiger partial charge in [0.1, 0.15) is 12.2 Å². The molecule has 4 aliphatic rings. The minimum atomic E-state index is -0.400. The second-order valence-electron chi connectivity index (χ2n) is 4.48. The highest BCUT2D eigenvalue weighted by Crippen LogP contribution is 2.35. The highest BCUT2D eigenvalue weighted by atomic mass is 15.1. The molecule has 4 heteroatoms. The van der Waals surface area contributed by atoms with Crippen LogP contribution in [0.2, 0.25) is 0 Å². The monoisotopic (exact) mass is 236 g/mol. The lowest BCUT2D eigenvalue weighted by Gasteiger charge is -2.40. The molecule has 88 valence electrons. The fraction of sp³-hybridized carbons (Fsp3) is 0.143. The Kier molecular flexibility index (Phi) is 1.78. The second kappa shape index (κ2) is 3.32. The Hall–Kier alpha value is -2.36. The number of hydrogen-bond donors (Lipinski definition) is 2. The lowest BCUT2D eigenvalue weighted by molar-refractivity contribution is 0.622. The van der Waals surface area contributed by atoms with Gasteiger partial charge in [-0.3, -0.25) is 9.98 Å². The molecule has 1 aliphatic carbocycles. The number of fused-ring (bicyclic) bond motifs is 1. The van der Waals surface area contributed by atoms with Crippen LogP contribution in [0.15, 0.2) is 70.1 Å². The number of nitrogens with zero attached hydrogens (tertiary/aromatic N) is 2. The first kappa shape index (κ1) is 9.65. The van der Waals surface area contributed by atoms with Gasteiger partial charge in [0.2, 0.25) is 0 Å². The summed E-state index contributed by atoms with van der Waals surface area (Å²) in [5.41, 5.74) is 3.82. The molecule has 0 aromatic carbocycles. The molecule has 0 saturated heterocycles. The summed E-state index contributed by atoms with van der Waals surface area (Å²) in [5.74, 6) is 0. The van der Waals surface area contributed by atoms with Crippen LogP contribution in [0.3, 0.4) is 0 Å². The van der Waals surface area contributed by atoms with E-state index in [-0.39, 0.29) is 0 Å². The van der Waals surface area contributed by atoms with Gasteiger partial charge < -0.3 is 10.6 Å². The van der Waals surface area contributed by atoms with Crippen molar-refractivity contribution in [2.75, 3.05) is 6.67 Å². The average Bonchev–Trinajstić information content (AvgIpc) is 2.82. The van der Waals surface area contributed by atoms with Crippen LogP contribution in [0.1, 0.15) is 0 Å². The van der Waals surface area contributed by atoms with E-state index in [1.807, 2.05) is 24.6 Å². The summed E-state index contributed by atoms with van der Waals surface area (Å²) in [6, 6.07) is 0. The Morgan fingerprint density at radius 3 is 3.06 bits per heavy atom. The first-order valence-electron chi connectivity index (χ1n) is 5.98. The van der Waals surface area contributed by atoms with Crippen molar-refractivity contribution in [1.29, 1.82) is 0 Å². The van der Waals surface area contributed by atoms with Crippen LogP contribution in [0, 0.1) is 0 Å². The quantitative estimate of drug-likeness (QED) is 0.664. The summed E-state index contributed by atoms with van der Waals surface area (Å²) in [5, 5.41) is 6.80. The molecule has 1 spiro atoms. The molecule has 0 saturated carbocycles. The molecule has 0 fully saturated rings. The van der Waals surface area contributed by atoms with Gasteiger partial charge in [0.15, 0.2) is 0 Å². The lowest BCUT2D eigenvalue weighted by atomic mass is 9.76. The van der Waals surface area contributed by atoms with Crippen molar-refractivity contribution in [3.05, 3.63) is 60.1 Å². The molecule has 3 aliphatic heterocycles. The molecule has 2 N–H and O–H groups in total. The zero-order valence-corrected chi connectivity index (χ0v) is 9.72. The summed E-state index contributed by atoms with van der Waals surface area (Å²) in [6.07, 6.45) is 16.3. The van der Waals surface area contributed by atoms with Crippen molar-refractivity contribution >= 4 is 11.4 Å². The van der Waals surface area contributed by atoms with Crippen LogP contribution in [0.25, 0.3) is 0 Å². The van der Waals surface area contributed by atoms with Crippen molar-refractivity contribution in [3.63, 3.8) is 0 Å². The van der Waals surface area contributed by atoms with E-state index in [1.165, 1.54) is 5.57 Å². The summed E-state index contributed by atoms with van der Waals surface area (Å²) < 4.78 is 0. The van der Waals surface area contributed by atoms with E-state index in [1.54, 1.807) is 0 Å². The first-order valence-corrected chi connectivity index (χ1v) is 5.98. The number of dihydropyridines is 1. The third kappa shape index (κ3) is 1.05.